The number of rotatable bonds is 4. The molecule has 2 atom stereocenters. The molecule has 1 amide bonds. The lowest BCUT2D eigenvalue weighted by molar-refractivity contribution is -0.137. The van der Waals surface area contributed by atoms with Crippen LogP contribution in [0.15, 0.2) is 53.6 Å². The number of aliphatic hydroxyl groups excluding tert-OH is 1. The third-order valence-electron chi connectivity index (χ3n) is 5.36. The number of pyridine rings is 1. The standard InChI is InChI=1S/C21H17F3N4O3/c22-21(23,24)12-5-3-11(4-6-12)18-16(14-7-8-15(14)29)17(19(25)30)20(31)28(27-18)13-2-1-9-26-10-13/h1-6,9-10,14-15,29H,7-8H2,(H2,25,30). The van der Waals surface area contributed by atoms with Gasteiger partial charge >= 0.3 is 6.18 Å². The van der Waals surface area contributed by atoms with Crippen LogP contribution in [0.25, 0.3) is 16.9 Å². The number of benzene rings is 1. The van der Waals surface area contributed by atoms with Crippen LogP contribution in [0, 0.1) is 0 Å². The largest absolute Gasteiger partial charge is 0.416 e. The second kappa shape index (κ2) is 7.62. The lowest BCUT2D eigenvalue weighted by Crippen LogP contribution is -2.38. The lowest BCUT2D eigenvalue weighted by Gasteiger charge is -2.34. The molecule has 1 fully saturated rings. The van der Waals surface area contributed by atoms with E-state index in [9.17, 15) is 27.9 Å². The number of nitrogens with zero attached hydrogens (tertiary/aromatic N) is 3. The van der Waals surface area contributed by atoms with E-state index in [1.807, 2.05) is 0 Å². The smallest absolute Gasteiger partial charge is 0.392 e. The molecule has 0 saturated heterocycles. The van der Waals surface area contributed by atoms with E-state index in [0.29, 0.717) is 12.8 Å². The normalized spacial score (nSPS) is 18.5. The summed E-state index contributed by atoms with van der Waals surface area (Å²) in [4.78, 5) is 29.3. The number of amides is 1. The monoisotopic (exact) mass is 430 g/mol. The summed E-state index contributed by atoms with van der Waals surface area (Å²) in [5.74, 6) is -1.59. The first-order valence-electron chi connectivity index (χ1n) is 9.41. The number of hydrogen-bond donors (Lipinski definition) is 2. The maximum atomic E-state index is 13.1. The molecule has 2 unspecified atom stereocenters. The van der Waals surface area contributed by atoms with Crippen molar-refractivity contribution in [2.75, 3.05) is 0 Å². The highest BCUT2D eigenvalue weighted by Crippen LogP contribution is 2.42. The Bertz CT molecular complexity index is 1190. The fraction of sp³-hybridized carbons (Fsp3) is 0.238. The Hall–Kier alpha value is -3.53. The van der Waals surface area contributed by atoms with Crippen molar-refractivity contribution in [1.29, 1.82) is 0 Å². The van der Waals surface area contributed by atoms with E-state index in [0.717, 1.165) is 16.8 Å². The van der Waals surface area contributed by atoms with Gasteiger partial charge < -0.3 is 10.8 Å². The first-order chi connectivity index (χ1) is 14.7. The molecule has 2 heterocycles. The Kier molecular flexibility index (Phi) is 5.10. The average Bonchev–Trinajstić information content (AvgIpc) is 2.73. The van der Waals surface area contributed by atoms with Crippen LogP contribution in [-0.4, -0.2) is 31.9 Å². The zero-order chi connectivity index (χ0) is 22.3. The molecule has 0 spiro atoms. The van der Waals surface area contributed by atoms with E-state index in [4.69, 9.17) is 5.73 Å². The minimum absolute atomic E-state index is 0.106. The van der Waals surface area contributed by atoms with Crippen molar-refractivity contribution in [2.24, 2.45) is 5.73 Å². The highest BCUT2D eigenvalue weighted by atomic mass is 19.4. The molecule has 0 aliphatic heterocycles. The van der Waals surface area contributed by atoms with Gasteiger partial charge in [0.05, 0.1) is 29.2 Å². The zero-order valence-corrected chi connectivity index (χ0v) is 16.0. The first kappa shape index (κ1) is 20.7. The van der Waals surface area contributed by atoms with E-state index in [1.54, 1.807) is 12.1 Å². The number of aromatic nitrogens is 3. The summed E-state index contributed by atoms with van der Waals surface area (Å²) in [6, 6.07) is 7.31. The van der Waals surface area contributed by atoms with Gasteiger partial charge in [-0.05, 0) is 37.1 Å². The molecule has 0 radical (unpaired) electrons. The summed E-state index contributed by atoms with van der Waals surface area (Å²) in [7, 11) is 0. The van der Waals surface area contributed by atoms with Crippen LogP contribution in [-0.2, 0) is 6.18 Å². The zero-order valence-electron chi connectivity index (χ0n) is 16.0. The molecule has 4 rings (SSSR count). The minimum atomic E-state index is -4.52. The number of halogens is 3. The number of aliphatic hydroxyl groups is 1. The van der Waals surface area contributed by atoms with Gasteiger partial charge in [0.2, 0.25) is 0 Å². The Balaban J connectivity index is 2.01. The predicted molar refractivity (Wildman–Crippen MR) is 105 cm³/mol. The van der Waals surface area contributed by atoms with Crippen LogP contribution in [0.1, 0.15) is 40.2 Å². The summed E-state index contributed by atoms with van der Waals surface area (Å²) in [6.45, 7) is 0. The van der Waals surface area contributed by atoms with Gasteiger partial charge in [0.25, 0.3) is 11.5 Å². The molecule has 2 aromatic heterocycles. The fourth-order valence-corrected chi connectivity index (χ4v) is 3.64. The number of nitrogens with two attached hydrogens (primary N) is 1. The van der Waals surface area contributed by atoms with Crippen molar-refractivity contribution in [1.82, 2.24) is 14.8 Å². The lowest BCUT2D eigenvalue weighted by atomic mass is 9.74. The van der Waals surface area contributed by atoms with Gasteiger partial charge in [0, 0.05) is 23.2 Å². The second-order valence-electron chi connectivity index (χ2n) is 7.26. The summed E-state index contributed by atoms with van der Waals surface area (Å²) in [5, 5.41) is 14.6. The number of hydrogen-bond acceptors (Lipinski definition) is 5. The SMILES string of the molecule is NC(=O)c1c(C2CCC2O)c(-c2ccc(C(F)(F)F)cc2)nn(-c2cccnc2)c1=O. The topological polar surface area (TPSA) is 111 Å². The van der Waals surface area contributed by atoms with Crippen molar-refractivity contribution >= 4 is 5.91 Å². The number of alkyl halides is 3. The number of carbonyl (C=O) groups is 1. The van der Waals surface area contributed by atoms with Crippen LogP contribution in [0.5, 0.6) is 0 Å². The molecular formula is C21H17F3N4O3. The van der Waals surface area contributed by atoms with Crippen molar-refractivity contribution in [3.63, 3.8) is 0 Å². The Morgan fingerprint density at radius 1 is 1.16 bits per heavy atom. The Labute approximate surface area is 174 Å². The molecule has 10 heteroatoms. The average molecular weight is 430 g/mol. The summed E-state index contributed by atoms with van der Waals surface area (Å²) >= 11 is 0. The quantitative estimate of drug-likeness (QED) is 0.661. The van der Waals surface area contributed by atoms with Crippen LogP contribution in [0.3, 0.4) is 0 Å². The molecule has 1 aliphatic carbocycles. The first-order valence-corrected chi connectivity index (χ1v) is 9.41. The molecule has 1 saturated carbocycles. The van der Waals surface area contributed by atoms with E-state index in [2.05, 4.69) is 10.1 Å². The fourth-order valence-electron chi connectivity index (χ4n) is 3.64. The van der Waals surface area contributed by atoms with Gasteiger partial charge in [-0.1, -0.05) is 12.1 Å². The van der Waals surface area contributed by atoms with Crippen molar-refractivity contribution < 1.29 is 23.1 Å². The Morgan fingerprint density at radius 3 is 2.35 bits per heavy atom. The second-order valence-corrected chi connectivity index (χ2v) is 7.26. The molecule has 31 heavy (non-hydrogen) atoms. The minimum Gasteiger partial charge on any atom is -0.392 e. The van der Waals surface area contributed by atoms with Gasteiger partial charge in [-0.3, -0.25) is 14.6 Å². The van der Waals surface area contributed by atoms with Crippen molar-refractivity contribution in [2.45, 2.75) is 31.0 Å². The van der Waals surface area contributed by atoms with Crippen LogP contribution in [0.2, 0.25) is 0 Å². The highest BCUT2D eigenvalue weighted by Gasteiger charge is 2.38. The van der Waals surface area contributed by atoms with E-state index in [1.165, 1.54) is 24.5 Å². The summed E-state index contributed by atoms with van der Waals surface area (Å²) in [6.07, 6.45) is -1.56. The van der Waals surface area contributed by atoms with E-state index in [-0.39, 0.29) is 28.1 Å². The third-order valence-corrected chi connectivity index (χ3v) is 5.36. The molecule has 1 aliphatic rings. The summed E-state index contributed by atoms with van der Waals surface area (Å²) in [5.41, 5.74) is 4.30. The maximum absolute atomic E-state index is 13.1. The van der Waals surface area contributed by atoms with Crippen LogP contribution >= 0.6 is 0 Å². The third kappa shape index (κ3) is 3.70. The molecule has 3 aromatic rings. The Morgan fingerprint density at radius 2 is 1.87 bits per heavy atom. The van der Waals surface area contributed by atoms with Crippen LogP contribution < -0.4 is 11.3 Å². The van der Waals surface area contributed by atoms with Crippen molar-refractivity contribution in [3.05, 3.63) is 75.8 Å². The van der Waals surface area contributed by atoms with Gasteiger partial charge in [-0.15, -0.1) is 0 Å². The van der Waals surface area contributed by atoms with Crippen LogP contribution in [0.4, 0.5) is 13.2 Å². The maximum Gasteiger partial charge on any atom is 0.416 e. The molecule has 0 bridgehead atoms. The summed E-state index contributed by atoms with van der Waals surface area (Å²) < 4.78 is 39.9. The van der Waals surface area contributed by atoms with Gasteiger partial charge in [-0.25, -0.2) is 0 Å². The van der Waals surface area contributed by atoms with Gasteiger partial charge in [-0.2, -0.15) is 23.0 Å². The molecular weight excluding hydrogens is 413 g/mol. The highest BCUT2D eigenvalue weighted by molar-refractivity contribution is 5.96. The predicted octanol–water partition coefficient (Wildman–Crippen LogP) is 2.65. The molecule has 160 valence electrons. The van der Waals surface area contributed by atoms with E-state index >= 15 is 0 Å². The van der Waals surface area contributed by atoms with Crippen molar-refractivity contribution in [3.8, 4) is 16.9 Å². The van der Waals surface area contributed by atoms with Gasteiger partial charge in [0.15, 0.2) is 0 Å². The van der Waals surface area contributed by atoms with E-state index < -0.39 is 35.2 Å². The molecule has 7 nitrogen and oxygen atoms in total. The molecule has 3 N–H and O–H groups in total. The molecule has 1 aromatic carbocycles. The number of primary amides is 1. The number of carbonyl (C=O) groups excluding carboxylic acids is 1. The van der Waals surface area contributed by atoms with Gasteiger partial charge in [0.1, 0.15) is 5.56 Å².